The van der Waals surface area contributed by atoms with Crippen molar-refractivity contribution in [3.05, 3.63) is 70.2 Å². The standard InChI is InChI=1S/C18H19BrN4/c1-14(16-7-9-17(19)10-8-16)21-22-18-20-11-12-23(18)13-15-5-3-2-4-6-15/h2-10H,11-13H2,1H3,(H,20,22)/b21-14-. The average molecular weight is 371 g/mol. The van der Waals surface area contributed by atoms with E-state index in [9.17, 15) is 0 Å². The number of rotatable bonds is 4. The Balaban J connectivity index is 1.64. The van der Waals surface area contributed by atoms with Crippen LogP contribution < -0.4 is 5.43 Å². The van der Waals surface area contributed by atoms with E-state index >= 15 is 0 Å². The van der Waals surface area contributed by atoms with Gasteiger partial charge in [0.05, 0.1) is 12.3 Å². The first kappa shape index (κ1) is 15.7. The van der Waals surface area contributed by atoms with Gasteiger partial charge in [-0.15, -0.1) is 0 Å². The third-order valence-electron chi connectivity index (χ3n) is 3.73. The van der Waals surface area contributed by atoms with Crippen LogP contribution in [0.25, 0.3) is 0 Å². The van der Waals surface area contributed by atoms with Gasteiger partial charge in [0.15, 0.2) is 0 Å². The molecule has 0 spiro atoms. The highest BCUT2D eigenvalue weighted by molar-refractivity contribution is 9.10. The van der Waals surface area contributed by atoms with Gasteiger partial charge in [0, 0.05) is 17.6 Å². The number of halogens is 1. The number of aliphatic imine (C=N–C) groups is 1. The third kappa shape index (κ3) is 4.20. The zero-order valence-electron chi connectivity index (χ0n) is 13.0. The van der Waals surface area contributed by atoms with Crippen molar-refractivity contribution in [3.8, 4) is 0 Å². The molecule has 0 amide bonds. The highest BCUT2D eigenvalue weighted by atomic mass is 79.9. The Labute approximate surface area is 145 Å². The molecule has 5 heteroatoms. The molecule has 1 N–H and O–H groups in total. The zero-order chi connectivity index (χ0) is 16.1. The summed E-state index contributed by atoms with van der Waals surface area (Å²) >= 11 is 3.45. The zero-order valence-corrected chi connectivity index (χ0v) is 14.6. The van der Waals surface area contributed by atoms with Crippen LogP contribution >= 0.6 is 15.9 Å². The molecule has 0 fully saturated rings. The smallest absolute Gasteiger partial charge is 0.215 e. The molecule has 4 nitrogen and oxygen atoms in total. The minimum absolute atomic E-state index is 0.808. The highest BCUT2D eigenvalue weighted by Crippen LogP contribution is 2.11. The van der Waals surface area contributed by atoms with Gasteiger partial charge in [-0.2, -0.15) is 5.10 Å². The van der Waals surface area contributed by atoms with Crippen molar-refractivity contribution in [2.45, 2.75) is 13.5 Å². The fourth-order valence-electron chi connectivity index (χ4n) is 2.44. The van der Waals surface area contributed by atoms with Crippen LogP contribution in [-0.2, 0) is 6.54 Å². The summed E-state index contributed by atoms with van der Waals surface area (Å²) in [6.45, 7) is 4.57. The minimum atomic E-state index is 0.808. The molecule has 2 aromatic rings. The van der Waals surface area contributed by atoms with E-state index in [2.05, 4.69) is 60.6 Å². The fourth-order valence-corrected chi connectivity index (χ4v) is 2.70. The Morgan fingerprint density at radius 1 is 1.17 bits per heavy atom. The molecule has 0 radical (unpaired) electrons. The highest BCUT2D eigenvalue weighted by Gasteiger charge is 2.16. The van der Waals surface area contributed by atoms with Crippen molar-refractivity contribution in [2.75, 3.05) is 13.1 Å². The lowest BCUT2D eigenvalue weighted by atomic mass is 10.1. The summed E-state index contributed by atoms with van der Waals surface area (Å²) in [7, 11) is 0. The van der Waals surface area contributed by atoms with Gasteiger partial charge in [-0.3, -0.25) is 0 Å². The maximum atomic E-state index is 4.51. The van der Waals surface area contributed by atoms with E-state index in [0.29, 0.717) is 0 Å². The second kappa shape index (κ2) is 7.42. The molecule has 0 aromatic heterocycles. The van der Waals surface area contributed by atoms with Crippen LogP contribution in [0.5, 0.6) is 0 Å². The maximum Gasteiger partial charge on any atom is 0.215 e. The van der Waals surface area contributed by atoms with Crippen LogP contribution in [0.2, 0.25) is 0 Å². The molecule has 3 rings (SSSR count). The predicted molar refractivity (Wildman–Crippen MR) is 98.6 cm³/mol. The first-order valence-electron chi connectivity index (χ1n) is 7.62. The lowest BCUT2D eigenvalue weighted by Gasteiger charge is -2.19. The molecule has 118 valence electrons. The summed E-state index contributed by atoms with van der Waals surface area (Å²) in [5.41, 5.74) is 6.42. The summed E-state index contributed by atoms with van der Waals surface area (Å²) in [5.74, 6) is 0.838. The van der Waals surface area contributed by atoms with E-state index < -0.39 is 0 Å². The molecular weight excluding hydrogens is 352 g/mol. The second-order valence-corrected chi connectivity index (χ2v) is 6.34. The average Bonchev–Trinajstić information content (AvgIpc) is 3.01. The van der Waals surface area contributed by atoms with Crippen LogP contribution in [-0.4, -0.2) is 29.7 Å². The molecule has 1 heterocycles. The predicted octanol–water partition coefficient (Wildman–Crippen LogP) is 3.63. The molecule has 0 bridgehead atoms. The van der Waals surface area contributed by atoms with Gasteiger partial charge in [0.2, 0.25) is 5.96 Å². The van der Waals surface area contributed by atoms with E-state index in [0.717, 1.165) is 41.3 Å². The topological polar surface area (TPSA) is 40.0 Å². The van der Waals surface area contributed by atoms with Crippen LogP contribution in [0.3, 0.4) is 0 Å². The van der Waals surface area contributed by atoms with Crippen molar-refractivity contribution in [2.24, 2.45) is 10.1 Å². The summed E-state index contributed by atoms with van der Waals surface area (Å²) in [5, 5.41) is 4.48. The lowest BCUT2D eigenvalue weighted by Crippen LogP contribution is -2.35. The molecule has 0 aliphatic carbocycles. The summed E-state index contributed by atoms with van der Waals surface area (Å²) in [6.07, 6.45) is 0. The summed E-state index contributed by atoms with van der Waals surface area (Å²) in [4.78, 5) is 6.73. The van der Waals surface area contributed by atoms with Gasteiger partial charge in [-0.05, 0) is 30.2 Å². The monoisotopic (exact) mass is 370 g/mol. The summed E-state index contributed by atoms with van der Waals surface area (Å²) < 4.78 is 1.07. The quantitative estimate of drug-likeness (QED) is 0.659. The maximum absolute atomic E-state index is 4.51. The van der Waals surface area contributed by atoms with Crippen molar-refractivity contribution in [3.63, 3.8) is 0 Å². The minimum Gasteiger partial charge on any atom is -0.335 e. The van der Waals surface area contributed by atoms with Gasteiger partial charge < -0.3 is 4.90 Å². The third-order valence-corrected chi connectivity index (χ3v) is 4.26. The van der Waals surface area contributed by atoms with Crippen molar-refractivity contribution in [1.82, 2.24) is 10.3 Å². The SMILES string of the molecule is C/C(=N/NC1=NCCN1Cc1ccccc1)c1ccc(Br)cc1. The van der Waals surface area contributed by atoms with Crippen molar-refractivity contribution < 1.29 is 0 Å². The summed E-state index contributed by atoms with van der Waals surface area (Å²) in [6, 6.07) is 18.5. The van der Waals surface area contributed by atoms with Crippen LogP contribution in [0.15, 0.2) is 69.2 Å². The molecule has 0 atom stereocenters. The molecular formula is C18H19BrN4. The van der Waals surface area contributed by atoms with E-state index in [4.69, 9.17) is 0 Å². The van der Waals surface area contributed by atoms with Crippen molar-refractivity contribution >= 4 is 27.6 Å². The number of guanidine groups is 1. The molecule has 0 saturated heterocycles. The number of benzene rings is 2. The first-order valence-corrected chi connectivity index (χ1v) is 8.41. The van der Waals surface area contributed by atoms with E-state index in [1.165, 1.54) is 5.56 Å². The van der Waals surface area contributed by atoms with Gasteiger partial charge in [0.1, 0.15) is 0 Å². The van der Waals surface area contributed by atoms with Gasteiger partial charge >= 0.3 is 0 Å². The Morgan fingerprint density at radius 2 is 1.91 bits per heavy atom. The number of hydrogen-bond donors (Lipinski definition) is 1. The van der Waals surface area contributed by atoms with Gasteiger partial charge in [0.25, 0.3) is 0 Å². The molecule has 2 aromatic carbocycles. The first-order chi connectivity index (χ1) is 11.2. The number of hydrazone groups is 1. The number of nitrogens with zero attached hydrogens (tertiary/aromatic N) is 3. The molecule has 1 aliphatic heterocycles. The lowest BCUT2D eigenvalue weighted by molar-refractivity contribution is 0.438. The second-order valence-electron chi connectivity index (χ2n) is 5.43. The molecule has 1 aliphatic rings. The fraction of sp³-hybridized carbons (Fsp3) is 0.222. The van der Waals surface area contributed by atoms with Crippen molar-refractivity contribution in [1.29, 1.82) is 0 Å². The Bertz CT molecular complexity index is 708. The Morgan fingerprint density at radius 3 is 2.65 bits per heavy atom. The van der Waals surface area contributed by atoms with E-state index in [1.54, 1.807) is 0 Å². The van der Waals surface area contributed by atoms with Crippen LogP contribution in [0, 0.1) is 0 Å². The van der Waals surface area contributed by atoms with E-state index in [-0.39, 0.29) is 0 Å². The normalized spacial score (nSPS) is 14.8. The van der Waals surface area contributed by atoms with Gasteiger partial charge in [-0.1, -0.05) is 58.4 Å². The number of nitrogens with one attached hydrogen (secondary N) is 1. The molecule has 23 heavy (non-hydrogen) atoms. The Hall–Kier alpha value is -2.14. The largest absolute Gasteiger partial charge is 0.335 e. The van der Waals surface area contributed by atoms with E-state index in [1.807, 2.05) is 37.3 Å². The Kier molecular flexibility index (Phi) is 5.08. The molecule has 0 saturated carbocycles. The van der Waals surface area contributed by atoms with Gasteiger partial charge in [-0.25, -0.2) is 10.4 Å². The number of hydrogen-bond acceptors (Lipinski definition) is 4. The van der Waals surface area contributed by atoms with Crippen LogP contribution in [0.1, 0.15) is 18.1 Å². The molecule has 0 unspecified atom stereocenters. The van der Waals surface area contributed by atoms with Crippen LogP contribution in [0.4, 0.5) is 0 Å².